The second kappa shape index (κ2) is 5.78. The van der Waals surface area contributed by atoms with Gasteiger partial charge in [0.25, 0.3) is 0 Å². The fourth-order valence-corrected chi connectivity index (χ4v) is 1.99. The van der Waals surface area contributed by atoms with Crippen LogP contribution < -0.4 is 5.73 Å². The van der Waals surface area contributed by atoms with E-state index in [2.05, 4.69) is 64.5 Å². The van der Waals surface area contributed by atoms with Crippen LogP contribution in [-0.2, 0) is 0 Å². The van der Waals surface area contributed by atoms with Gasteiger partial charge in [-0.3, -0.25) is 4.98 Å². The Bertz CT molecular complexity index is 526. The lowest BCUT2D eigenvalue weighted by Gasteiger charge is -2.25. The number of hydrogen-bond acceptors (Lipinski definition) is 2. The lowest BCUT2D eigenvalue weighted by atomic mass is 9.81. The van der Waals surface area contributed by atoms with E-state index in [1.165, 1.54) is 5.57 Å². The van der Waals surface area contributed by atoms with Crippen LogP contribution in [0.5, 0.6) is 0 Å². The number of allylic oxidation sites excluding steroid dienone is 2. The third-order valence-electron chi connectivity index (χ3n) is 3.20. The Hall–Kier alpha value is -1.64. The summed E-state index contributed by atoms with van der Waals surface area (Å²) in [6.45, 7) is 14.8. The van der Waals surface area contributed by atoms with Crippen LogP contribution in [0.3, 0.4) is 0 Å². The molecule has 0 aromatic carbocycles. The van der Waals surface area contributed by atoms with Crippen molar-refractivity contribution in [2.75, 3.05) is 0 Å². The van der Waals surface area contributed by atoms with E-state index in [1.807, 2.05) is 6.07 Å². The third kappa shape index (κ3) is 3.92. The molecule has 0 aliphatic rings. The Morgan fingerprint density at radius 3 is 2.20 bits per heavy atom. The molecule has 1 heterocycles. The van der Waals surface area contributed by atoms with Gasteiger partial charge in [-0.25, -0.2) is 4.99 Å². The SMILES string of the molecule is C/C=C(\c1ccncc1/N=C(\N)C(C)(C)C)C(C)(C)C. The third-order valence-corrected chi connectivity index (χ3v) is 3.20. The van der Waals surface area contributed by atoms with E-state index in [0.29, 0.717) is 5.84 Å². The summed E-state index contributed by atoms with van der Waals surface area (Å²) in [6.07, 6.45) is 5.72. The van der Waals surface area contributed by atoms with E-state index in [4.69, 9.17) is 5.73 Å². The summed E-state index contributed by atoms with van der Waals surface area (Å²) in [5.74, 6) is 0.621. The number of nitrogens with two attached hydrogens (primary N) is 1. The van der Waals surface area contributed by atoms with Crippen molar-refractivity contribution < 1.29 is 0 Å². The minimum absolute atomic E-state index is 0.0524. The molecule has 3 nitrogen and oxygen atoms in total. The van der Waals surface area contributed by atoms with Crippen molar-refractivity contribution in [1.29, 1.82) is 0 Å². The number of hydrogen-bond donors (Lipinski definition) is 1. The standard InChI is InChI=1S/C17H27N3/c1-8-13(16(2,3)4)12-9-10-19-11-14(12)20-15(18)17(5,6)7/h8-11H,1-7H3,(H2,18,20)/b13-8+. The van der Waals surface area contributed by atoms with E-state index in [-0.39, 0.29) is 10.8 Å². The Kier molecular flexibility index (Phi) is 4.74. The first kappa shape index (κ1) is 16.4. The van der Waals surface area contributed by atoms with Crippen molar-refractivity contribution in [1.82, 2.24) is 4.98 Å². The van der Waals surface area contributed by atoms with Gasteiger partial charge in [0.2, 0.25) is 0 Å². The molecular formula is C17H27N3. The lowest BCUT2D eigenvalue weighted by Crippen LogP contribution is -2.28. The molecule has 1 rings (SSSR count). The Morgan fingerprint density at radius 2 is 1.75 bits per heavy atom. The van der Waals surface area contributed by atoms with Gasteiger partial charge >= 0.3 is 0 Å². The maximum atomic E-state index is 6.11. The minimum Gasteiger partial charge on any atom is -0.387 e. The molecule has 1 aromatic rings. The van der Waals surface area contributed by atoms with Crippen molar-refractivity contribution in [3.63, 3.8) is 0 Å². The number of nitrogens with zero attached hydrogens (tertiary/aromatic N) is 2. The average molecular weight is 273 g/mol. The van der Waals surface area contributed by atoms with Crippen LogP contribution in [0, 0.1) is 10.8 Å². The zero-order chi connectivity index (χ0) is 15.6. The minimum atomic E-state index is -0.148. The predicted molar refractivity (Wildman–Crippen MR) is 88.1 cm³/mol. The number of aliphatic imine (C=N–C) groups is 1. The Labute approximate surface area is 123 Å². The van der Waals surface area contributed by atoms with Crippen molar-refractivity contribution >= 4 is 17.1 Å². The van der Waals surface area contributed by atoms with Gasteiger partial charge in [-0.05, 0) is 24.0 Å². The van der Waals surface area contributed by atoms with Crippen LogP contribution in [0.25, 0.3) is 5.57 Å². The smallest absolute Gasteiger partial charge is 0.105 e. The highest BCUT2D eigenvalue weighted by molar-refractivity contribution is 5.89. The zero-order valence-electron chi connectivity index (χ0n) is 13.8. The number of amidine groups is 1. The van der Waals surface area contributed by atoms with Crippen molar-refractivity contribution in [2.24, 2.45) is 21.6 Å². The van der Waals surface area contributed by atoms with Gasteiger partial charge in [0.1, 0.15) is 5.84 Å². The second-order valence-corrected chi connectivity index (χ2v) is 7.09. The molecule has 1 aromatic heterocycles. The highest BCUT2D eigenvalue weighted by atomic mass is 14.9. The molecular weight excluding hydrogens is 246 g/mol. The van der Waals surface area contributed by atoms with E-state index in [1.54, 1.807) is 12.4 Å². The van der Waals surface area contributed by atoms with Gasteiger partial charge in [-0.15, -0.1) is 0 Å². The predicted octanol–water partition coefficient (Wildman–Crippen LogP) is 4.57. The molecule has 0 fully saturated rings. The molecule has 0 aliphatic carbocycles. The van der Waals surface area contributed by atoms with Gasteiger partial charge in [0, 0.05) is 17.2 Å². The molecule has 0 aliphatic heterocycles. The second-order valence-electron chi connectivity index (χ2n) is 7.09. The normalized spacial score (nSPS) is 14.6. The maximum Gasteiger partial charge on any atom is 0.105 e. The summed E-state index contributed by atoms with van der Waals surface area (Å²) < 4.78 is 0. The largest absolute Gasteiger partial charge is 0.387 e. The van der Waals surface area contributed by atoms with Crippen LogP contribution >= 0.6 is 0 Å². The molecule has 0 spiro atoms. The number of pyridine rings is 1. The van der Waals surface area contributed by atoms with Crippen LogP contribution in [0.1, 0.15) is 54.0 Å². The van der Waals surface area contributed by atoms with E-state index >= 15 is 0 Å². The summed E-state index contributed by atoms with van der Waals surface area (Å²) >= 11 is 0. The first-order valence-corrected chi connectivity index (χ1v) is 7.03. The summed E-state index contributed by atoms with van der Waals surface area (Å²) in [4.78, 5) is 8.79. The zero-order valence-corrected chi connectivity index (χ0v) is 13.8. The Morgan fingerprint density at radius 1 is 1.15 bits per heavy atom. The fraction of sp³-hybridized carbons (Fsp3) is 0.529. The lowest BCUT2D eigenvalue weighted by molar-refractivity contribution is 0.566. The monoisotopic (exact) mass is 273 g/mol. The summed E-state index contributed by atoms with van der Waals surface area (Å²) in [6, 6.07) is 2.01. The summed E-state index contributed by atoms with van der Waals surface area (Å²) in [7, 11) is 0. The number of aromatic nitrogens is 1. The average Bonchev–Trinajstić information content (AvgIpc) is 2.29. The van der Waals surface area contributed by atoms with E-state index < -0.39 is 0 Å². The molecule has 0 atom stereocenters. The molecule has 0 unspecified atom stereocenters. The van der Waals surface area contributed by atoms with Crippen molar-refractivity contribution in [3.8, 4) is 0 Å². The topological polar surface area (TPSA) is 51.3 Å². The molecule has 2 N–H and O–H groups in total. The maximum absolute atomic E-state index is 6.11. The van der Waals surface area contributed by atoms with Gasteiger partial charge in [0.15, 0.2) is 0 Å². The highest BCUT2D eigenvalue weighted by Crippen LogP contribution is 2.38. The first-order valence-electron chi connectivity index (χ1n) is 7.03. The number of rotatable bonds is 2. The molecule has 0 saturated heterocycles. The van der Waals surface area contributed by atoms with Gasteiger partial charge in [0.05, 0.1) is 11.9 Å². The van der Waals surface area contributed by atoms with Gasteiger partial charge < -0.3 is 5.73 Å². The van der Waals surface area contributed by atoms with Crippen LogP contribution in [0.4, 0.5) is 5.69 Å². The first-order chi connectivity index (χ1) is 9.07. The molecule has 20 heavy (non-hydrogen) atoms. The molecule has 3 heteroatoms. The van der Waals surface area contributed by atoms with E-state index in [9.17, 15) is 0 Å². The van der Waals surface area contributed by atoms with Gasteiger partial charge in [-0.1, -0.05) is 47.6 Å². The van der Waals surface area contributed by atoms with Crippen LogP contribution in [-0.4, -0.2) is 10.8 Å². The summed E-state index contributed by atoms with van der Waals surface area (Å²) in [5.41, 5.74) is 9.20. The molecule has 0 saturated carbocycles. The molecule has 0 bridgehead atoms. The van der Waals surface area contributed by atoms with Crippen molar-refractivity contribution in [3.05, 3.63) is 30.1 Å². The van der Waals surface area contributed by atoms with Crippen LogP contribution in [0.15, 0.2) is 29.5 Å². The van der Waals surface area contributed by atoms with E-state index in [0.717, 1.165) is 11.3 Å². The quantitative estimate of drug-likeness (QED) is 0.634. The molecule has 110 valence electrons. The highest BCUT2D eigenvalue weighted by Gasteiger charge is 2.21. The fourth-order valence-electron chi connectivity index (χ4n) is 1.99. The van der Waals surface area contributed by atoms with Crippen molar-refractivity contribution in [2.45, 2.75) is 48.5 Å². The summed E-state index contributed by atoms with van der Waals surface area (Å²) in [5, 5.41) is 0. The molecule has 0 radical (unpaired) electrons. The van der Waals surface area contributed by atoms with Crippen LogP contribution in [0.2, 0.25) is 0 Å². The Balaban J connectivity index is 3.40. The van der Waals surface area contributed by atoms with Gasteiger partial charge in [-0.2, -0.15) is 0 Å². The molecule has 0 amide bonds.